The summed E-state index contributed by atoms with van der Waals surface area (Å²) in [6.45, 7) is 1.16. The summed E-state index contributed by atoms with van der Waals surface area (Å²) in [6.07, 6.45) is 3.75. The standard InChI is InChI=1S/C23H26FN3O4/c24-17-7-3-6-14-13-8-9-27(10-18(13)25-21(14)17)23(30)16-5-2-1-4-15(16)22(29)26-19-11-31-12-20(19)28/h3,6-7,15-16,19,25H,1-2,4-5,8-12H2,(H,26,29)/t15-,16?,19?/m1/s1. The normalized spacial score (nSPS) is 26.2. The van der Waals surface area contributed by atoms with Gasteiger partial charge < -0.3 is 19.9 Å². The van der Waals surface area contributed by atoms with Crippen molar-refractivity contribution in [2.45, 2.75) is 44.7 Å². The molecule has 7 nitrogen and oxygen atoms in total. The first-order valence-electron chi connectivity index (χ1n) is 11.0. The van der Waals surface area contributed by atoms with Gasteiger partial charge in [0.15, 0.2) is 5.78 Å². The minimum atomic E-state index is -0.607. The van der Waals surface area contributed by atoms with Crippen LogP contribution in [0.2, 0.25) is 0 Å². The Hall–Kier alpha value is -2.74. The molecule has 1 saturated heterocycles. The number of carbonyl (C=O) groups excluding carboxylic acids is 3. The summed E-state index contributed by atoms with van der Waals surface area (Å²) in [5.74, 6) is -1.50. The number of rotatable bonds is 3. The molecule has 2 unspecified atom stereocenters. The molecular formula is C23H26FN3O4. The molecule has 3 aliphatic rings. The summed E-state index contributed by atoms with van der Waals surface area (Å²) < 4.78 is 19.3. The molecule has 1 aliphatic carbocycles. The third-order valence-corrected chi connectivity index (χ3v) is 6.93. The molecule has 2 N–H and O–H groups in total. The zero-order chi connectivity index (χ0) is 21.5. The molecule has 3 heterocycles. The van der Waals surface area contributed by atoms with Crippen molar-refractivity contribution in [3.63, 3.8) is 0 Å². The van der Waals surface area contributed by atoms with Crippen LogP contribution >= 0.6 is 0 Å². The molecule has 164 valence electrons. The van der Waals surface area contributed by atoms with Crippen LogP contribution in [-0.2, 0) is 32.1 Å². The van der Waals surface area contributed by atoms with Gasteiger partial charge in [-0.1, -0.05) is 25.0 Å². The SMILES string of the molecule is O=C1COCC1NC(=O)[C@@H]1CCCCC1C(=O)N1CCc2c([nH]c3c(F)cccc23)C1. The Morgan fingerprint density at radius 1 is 1.19 bits per heavy atom. The molecular weight excluding hydrogens is 401 g/mol. The molecule has 0 spiro atoms. The van der Waals surface area contributed by atoms with E-state index in [4.69, 9.17) is 4.74 Å². The van der Waals surface area contributed by atoms with E-state index in [0.29, 0.717) is 37.9 Å². The summed E-state index contributed by atoms with van der Waals surface area (Å²) in [5, 5.41) is 3.67. The first-order chi connectivity index (χ1) is 15.0. The number of halogens is 1. The Kier molecular flexibility index (Phi) is 5.25. The minimum absolute atomic E-state index is 0.0270. The van der Waals surface area contributed by atoms with E-state index < -0.39 is 17.9 Å². The number of amides is 2. The maximum Gasteiger partial charge on any atom is 0.226 e. The zero-order valence-corrected chi connectivity index (χ0v) is 17.3. The number of aromatic amines is 1. The van der Waals surface area contributed by atoms with Gasteiger partial charge in [-0.15, -0.1) is 0 Å². The number of aromatic nitrogens is 1. The fourth-order valence-electron chi connectivity index (χ4n) is 5.26. The number of hydrogen-bond acceptors (Lipinski definition) is 4. The van der Waals surface area contributed by atoms with Gasteiger partial charge in [-0.3, -0.25) is 14.4 Å². The molecule has 1 aromatic carbocycles. The average molecular weight is 427 g/mol. The Morgan fingerprint density at radius 3 is 2.77 bits per heavy atom. The lowest BCUT2D eigenvalue weighted by Gasteiger charge is -2.36. The maximum atomic E-state index is 14.2. The van der Waals surface area contributed by atoms with Crippen LogP contribution in [0, 0.1) is 17.7 Å². The molecule has 31 heavy (non-hydrogen) atoms. The van der Waals surface area contributed by atoms with E-state index in [1.807, 2.05) is 6.07 Å². The first-order valence-corrected chi connectivity index (χ1v) is 11.0. The van der Waals surface area contributed by atoms with Gasteiger partial charge in [-0.25, -0.2) is 4.39 Å². The van der Waals surface area contributed by atoms with Crippen molar-refractivity contribution >= 4 is 28.5 Å². The number of ether oxygens (including phenoxy) is 1. The van der Waals surface area contributed by atoms with Gasteiger partial charge in [0.05, 0.1) is 18.7 Å². The van der Waals surface area contributed by atoms with Gasteiger partial charge in [0.1, 0.15) is 18.5 Å². The second-order valence-corrected chi connectivity index (χ2v) is 8.79. The predicted molar refractivity (Wildman–Crippen MR) is 111 cm³/mol. The van der Waals surface area contributed by atoms with Crippen LogP contribution in [0.5, 0.6) is 0 Å². The fourth-order valence-corrected chi connectivity index (χ4v) is 5.26. The van der Waals surface area contributed by atoms with Crippen LogP contribution in [0.1, 0.15) is 36.9 Å². The van der Waals surface area contributed by atoms with E-state index >= 15 is 0 Å². The van der Waals surface area contributed by atoms with Crippen LogP contribution < -0.4 is 5.32 Å². The number of fused-ring (bicyclic) bond motifs is 3. The van der Waals surface area contributed by atoms with E-state index in [9.17, 15) is 18.8 Å². The quantitative estimate of drug-likeness (QED) is 0.785. The third kappa shape index (κ3) is 3.63. The molecule has 2 amide bonds. The molecule has 2 fully saturated rings. The molecule has 3 atom stereocenters. The summed E-state index contributed by atoms with van der Waals surface area (Å²) >= 11 is 0. The number of para-hydroxylation sites is 1. The van der Waals surface area contributed by atoms with Gasteiger partial charge in [-0.05, 0) is 30.9 Å². The number of benzene rings is 1. The van der Waals surface area contributed by atoms with Gasteiger partial charge in [0.25, 0.3) is 0 Å². The molecule has 1 saturated carbocycles. The number of hydrogen-bond donors (Lipinski definition) is 2. The molecule has 5 rings (SSSR count). The Morgan fingerprint density at radius 2 is 2.00 bits per heavy atom. The number of nitrogens with one attached hydrogen (secondary N) is 2. The first kappa shape index (κ1) is 20.2. The van der Waals surface area contributed by atoms with Crippen LogP contribution in [0.3, 0.4) is 0 Å². The highest BCUT2D eigenvalue weighted by atomic mass is 19.1. The fraction of sp³-hybridized carbons (Fsp3) is 0.522. The van der Waals surface area contributed by atoms with Crippen LogP contribution in [-0.4, -0.2) is 53.3 Å². The third-order valence-electron chi connectivity index (χ3n) is 6.93. The van der Waals surface area contributed by atoms with Gasteiger partial charge in [0.2, 0.25) is 11.8 Å². The van der Waals surface area contributed by atoms with Gasteiger partial charge in [0, 0.05) is 29.5 Å². The van der Waals surface area contributed by atoms with Gasteiger partial charge >= 0.3 is 0 Å². The van der Waals surface area contributed by atoms with E-state index in [1.54, 1.807) is 11.0 Å². The van der Waals surface area contributed by atoms with E-state index in [2.05, 4.69) is 10.3 Å². The Labute approximate surface area is 179 Å². The molecule has 2 aliphatic heterocycles. The topological polar surface area (TPSA) is 91.5 Å². The van der Waals surface area contributed by atoms with Crippen molar-refractivity contribution < 1.29 is 23.5 Å². The second-order valence-electron chi connectivity index (χ2n) is 8.79. The Bertz CT molecular complexity index is 1050. The van der Waals surface area contributed by atoms with Crippen molar-refractivity contribution in [3.05, 3.63) is 35.3 Å². The average Bonchev–Trinajstić information content (AvgIpc) is 3.36. The van der Waals surface area contributed by atoms with Crippen LogP contribution in [0.4, 0.5) is 4.39 Å². The van der Waals surface area contributed by atoms with E-state index in [-0.39, 0.29) is 36.6 Å². The number of ketones is 1. The van der Waals surface area contributed by atoms with Crippen molar-refractivity contribution in [2.75, 3.05) is 19.8 Å². The van der Waals surface area contributed by atoms with Crippen LogP contribution in [0.15, 0.2) is 18.2 Å². The number of nitrogens with zero attached hydrogens (tertiary/aromatic N) is 1. The molecule has 1 aromatic heterocycles. The van der Waals surface area contributed by atoms with Crippen molar-refractivity contribution in [3.8, 4) is 0 Å². The summed E-state index contributed by atoms with van der Waals surface area (Å²) in [6, 6.07) is 4.43. The van der Waals surface area contributed by atoms with Crippen molar-refractivity contribution in [1.29, 1.82) is 0 Å². The van der Waals surface area contributed by atoms with E-state index in [0.717, 1.165) is 29.5 Å². The second kappa shape index (κ2) is 8.07. The number of carbonyl (C=O) groups is 3. The summed E-state index contributed by atoms with van der Waals surface area (Å²) in [7, 11) is 0. The smallest absolute Gasteiger partial charge is 0.226 e. The maximum absolute atomic E-state index is 14.2. The van der Waals surface area contributed by atoms with Gasteiger partial charge in [-0.2, -0.15) is 0 Å². The lowest BCUT2D eigenvalue weighted by Crippen LogP contribution is -2.49. The van der Waals surface area contributed by atoms with Crippen molar-refractivity contribution in [1.82, 2.24) is 15.2 Å². The number of H-pyrrole nitrogens is 1. The largest absolute Gasteiger partial charge is 0.371 e. The highest BCUT2D eigenvalue weighted by Crippen LogP contribution is 2.34. The lowest BCUT2D eigenvalue weighted by atomic mass is 9.77. The predicted octanol–water partition coefficient (Wildman–Crippen LogP) is 2.08. The monoisotopic (exact) mass is 427 g/mol. The minimum Gasteiger partial charge on any atom is -0.371 e. The highest BCUT2D eigenvalue weighted by Gasteiger charge is 2.40. The molecule has 8 heteroatoms. The Balaban J connectivity index is 1.32. The van der Waals surface area contributed by atoms with Crippen LogP contribution in [0.25, 0.3) is 10.9 Å². The van der Waals surface area contributed by atoms with E-state index in [1.165, 1.54) is 6.07 Å². The molecule has 2 aromatic rings. The summed E-state index contributed by atoms with van der Waals surface area (Å²) in [4.78, 5) is 43.1. The highest BCUT2D eigenvalue weighted by molar-refractivity contribution is 5.94. The molecule has 0 bridgehead atoms. The summed E-state index contributed by atoms with van der Waals surface area (Å²) in [5.41, 5.74) is 2.42. The molecule has 0 radical (unpaired) electrons. The lowest BCUT2D eigenvalue weighted by molar-refractivity contribution is -0.144. The zero-order valence-electron chi connectivity index (χ0n) is 17.3. The number of Topliss-reactive ketones (excluding diaryl/α,β-unsaturated/α-hetero) is 1. The van der Waals surface area contributed by atoms with Crippen molar-refractivity contribution in [2.24, 2.45) is 11.8 Å².